The lowest BCUT2D eigenvalue weighted by Crippen LogP contribution is -2.47. The van der Waals surface area contributed by atoms with Crippen LogP contribution in [0.3, 0.4) is 0 Å². The Kier molecular flexibility index (Phi) is 6.49. The van der Waals surface area contributed by atoms with E-state index >= 15 is 0 Å². The second-order valence-electron chi connectivity index (χ2n) is 7.55. The van der Waals surface area contributed by atoms with E-state index in [0.717, 1.165) is 4.90 Å². The predicted molar refractivity (Wildman–Crippen MR) is 127 cm³/mol. The molecule has 35 heavy (non-hydrogen) atoms. The summed E-state index contributed by atoms with van der Waals surface area (Å²) in [6.07, 6.45) is 4.47. The maximum atomic E-state index is 13.0. The monoisotopic (exact) mass is 472 g/mol. The van der Waals surface area contributed by atoms with Crippen LogP contribution in [0.2, 0.25) is 0 Å². The Morgan fingerprint density at radius 3 is 2.49 bits per heavy atom. The quantitative estimate of drug-likeness (QED) is 0.318. The number of carbonyl (C=O) groups is 3. The molecule has 0 atom stereocenters. The van der Waals surface area contributed by atoms with Gasteiger partial charge in [-0.1, -0.05) is 24.3 Å². The zero-order valence-electron chi connectivity index (χ0n) is 18.3. The first kappa shape index (κ1) is 23.1. The third-order valence-electron chi connectivity index (χ3n) is 5.27. The minimum atomic E-state index is -0.594. The molecule has 2 heterocycles. The summed E-state index contributed by atoms with van der Waals surface area (Å²) in [4.78, 5) is 55.0. The molecule has 11 nitrogen and oxygen atoms in total. The number of anilines is 2. The number of amides is 4. The van der Waals surface area contributed by atoms with E-state index in [-0.39, 0.29) is 41.4 Å². The summed E-state index contributed by atoms with van der Waals surface area (Å²) in [5.74, 6) is -0.694. The number of pyridine rings is 1. The fourth-order valence-electron chi connectivity index (χ4n) is 3.39. The van der Waals surface area contributed by atoms with Gasteiger partial charge in [-0.2, -0.15) is 0 Å². The van der Waals surface area contributed by atoms with Crippen molar-refractivity contribution in [3.63, 3.8) is 0 Å². The van der Waals surface area contributed by atoms with Crippen LogP contribution in [0, 0.1) is 10.1 Å². The Morgan fingerprint density at radius 2 is 1.83 bits per heavy atom. The van der Waals surface area contributed by atoms with Gasteiger partial charge in [0.1, 0.15) is 5.82 Å². The molecule has 0 aliphatic carbocycles. The molecule has 11 heteroatoms. The Hall–Kier alpha value is -5.06. The summed E-state index contributed by atoms with van der Waals surface area (Å²) in [6.45, 7) is 0.261. The number of nitrogen functional groups attached to an aromatic ring is 1. The highest BCUT2D eigenvalue weighted by Crippen LogP contribution is 2.21. The number of para-hydroxylation sites is 1. The molecule has 0 saturated heterocycles. The molecule has 1 aromatic heterocycles. The molecule has 4 rings (SSSR count). The van der Waals surface area contributed by atoms with Gasteiger partial charge in [0.25, 0.3) is 17.5 Å². The molecule has 0 unspecified atom stereocenters. The van der Waals surface area contributed by atoms with Crippen molar-refractivity contribution in [2.45, 2.75) is 6.54 Å². The number of nitro benzene ring substituents is 1. The average Bonchev–Trinajstić information content (AvgIpc) is 2.87. The van der Waals surface area contributed by atoms with Gasteiger partial charge in [-0.15, -0.1) is 0 Å². The summed E-state index contributed by atoms with van der Waals surface area (Å²) in [7, 11) is 0. The highest BCUT2D eigenvalue weighted by atomic mass is 16.6. The minimum Gasteiger partial charge on any atom is -0.398 e. The van der Waals surface area contributed by atoms with Crippen LogP contribution < -0.4 is 16.0 Å². The fourth-order valence-corrected chi connectivity index (χ4v) is 3.39. The number of nitrogens with one attached hydrogen (secondary N) is 1. The van der Waals surface area contributed by atoms with Crippen molar-refractivity contribution in [3.8, 4) is 0 Å². The summed E-state index contributed by atoms with van der Waals surface area (Å²) in [5.41, 5.74) is 7.30. The third-order valence-corrected chi connectivity index (χ3v) is 5.27. The average molecular weight is 472 g/mol. The van der Waals surface area contributed by atoms with Gasteiger partial charge in [-0.3, -0.25) is 29.5 Å². The number of nitrogens with two attached hydrogens (primary N) is 1. The van der Waals surface area contributed by atoms with Gasteiger partial charge in [0.2, 0.25) is 0 Å². The normalized spacial score (nSPS) is 13.0. The van der Waals surface area contributed by atoms with Crippen LogP contribution in [-0.4, -0.2) is 39.2 Å². The van der Waals surface area contributed by atoms with E-state index in [1.54, 1.807) is 42.5 Å². The third kappa shape index (κ3) is 4.98. The van der Waals surface area contributed by atoms with Crippen molar-refractivity contribution < 1.29 is 19.3 Å². The Bertz CT molecular complexity index is 1320. The zero-order chi connectivity index (χ0) is 24.9. The van der Waals surface area contributed by atoms with Crippen molar-refractivity contribution >= 4 is 35.0 Å². The zero-order valence-corrected chi connectivity index (χ0v) is 18.3. The first-order valence-corrected chi connectivity index (χ1v) is 10.5. The van der Waals surface area contributed by atoms with Gasteiger partial charge in [0, 0.05) is 36.8 Å². The lowest BCUT2D eigenvalue weighted by Gasteiger charge is -2.29. The molecule has 0 fully saturated rings. The molecule has 0 radical (unpaired) electrons. The molecule has 4 amide bonds. The van der Waals surface area contributed by atoms with Gasteiger partial charge in [-0.25, -0.2) is 9.78 Å². The van der Waals surface area contributed by atoms with Crippen LogP contribution >= 0.6 is 0 Å². The van der Waals surface area contributed by atoms with Crippen LogP contribution in [-0.2, 0) is 6.54 Å². The number of carbonyl (C=O) groups excluding carboxylic acids is 3. The molecule has 0 bridgehead atoms. The van der Waals surface area contributed by atoms with E-state index in [1.807, 2.05) is 0 Å². The molecule has 2 aromatic carbocycles. The number of rotatable bonds is 6. The SMILES string of the molecule is Nc1ccccc1C(=O)N1CC=CN(c2ccc(C(=O)NCc3ccc([N+](=O)[O-])cc3)cn2)C1=O. The van der Waals surface area contributed by atoms with Crippen molar-refractivity contribution in [1.82, 2.24) is 15.2 Å². The van der Waals surface area contributed by atoms with Gasteiger partial charge < -0.3 is 11.1 Å². The Balaban J connectivity index is 1.41. The molecule has 176 valence electrons. The maximum Gasteiger partial charge on any atom is 0.337 e. The second-order valence-corrected chi connectivity index (χ2v) is 7.55. The number of nitrogens with zero attached hydrogens (tertiary/aromatic N) is 4. The number of hydrogen-bond acceptors (Lipinski definition) is 7. The van der Waals surface area contributed by atoms with Crippen LogP contribution in [0.15, 0.2) is 79.1 Å². The molecule has 0 saturated carbocycles. The Labute approximate surface area is 199 Å². The highest BCUT2D eigenvalue weighted by molar-refractivity contribution is 6.11. The van der Waals surface area contributed by atoms with Crippen molar-refractivity contribution in [2.24, 2.45) is 0 Å². The summed E-state index contributed by atoms with van der Waals surface area (Å²) < 4.78 is 0. The smallest absolute Gasteiger partial charge is 0.337 e. The molecule has 3 N–H and O–H groups in total. The first-order chi connectivity index (χ1) is 16.8. The molecule has 1 aliphatic heterocycles. The first-order valence-electron chi connectivity index (χ1n) is 10.5. The molecular formula is C24H20N6O5. The summed E-state index contributed by atoms with van der Waals surface area (Å²) in [5, 5.41) is 13.4. The molecule has 3 aromatic rings. The number of non-ortho nitro benzene ring substituents is 1. The van der Waals surface area contributed by atoms with Crippen LogP contribution in [0.4, 0.5) is 22.0 Å². The van der Waals surface area contributed by atoms with Crippen molar-refractivity contribution in [3.05, 3.63) is 106 Å². The second kappa shape index (κ2) is 9.83. The number of hydrogen-bond donors (Lipinski definition) is 2. The molecule has 0 spiro atoms. The van der Waals surface area contributed by atoms with Crippen LogP contribution in [0.25, 0.3) is 0 Å². The van der Waals surface area contributed by atoms with E-state index in [4.69, 9.17) is 5.73 Å². The van der Waals surface area contributed by atoms with E-state index in [2.05, 4.69) is 10.3 Å². The fraction of sp³-hybridized carbons (Fsp3) is 0.0833. The number of aromatic nitrogens is 1. The number of benzene rings is 2. The molecule has 1 aliphatic rings. The van der Waals surface area contributed by atoms with Gasteiger partial charge in [0.05, 0.1) is 22.6 Å². The predicted octanol–water partition coefficient (Wildman–Crippen LogP) is 3.10. The van der Waals surface area contributed by atoms with Gasteiger partial charge >= 0.3 is 6.03 Å². The van der Waals surface area contributed by atoms with Gasteiger partial charge in [0.15, 0.2) is 0 Å². The lowest BCUT2D eigenvalue weighted by atomic mass is 10.1. The van der Waals surface area contributed by atoms with E-state index in [0.29, 0.717) is 5.56 Å². The van der Waals surface area contributed by atoms with E-state index in [1.165, 1.54) is 41.6 Å². The standard InChI is InChI=1S/C24H20N6O5/c25-20-5-2-1-4-19(20)23(32)29-13-3-12-28(24(29)33)21-11-8-17(15-26-21)22(31)27-14-16-6-9-18(10-7-16)30(34)35/h1-12,15H,13-14,25H2,(H,27,31). The number of imide groups is 1. The van der Waals surface area contributed by atoms with Crippen molar-refractivity contribution in [2.75, 3.05) is 17.2 Å². The topological polar surface area (TPSA) is 152 Å². The van der Waals surface area contributed by atoms with E-state index in [9.17, 15) is 24.5 Å². The number of urea groups is 1. The summed E-state index contributed by atoms with van der Waals surface area (Å²) >= 11 is 0. The maximum absolute atomic E-state index is 13.0. The van der Waals surface area contributed by atoms with Crippen molar-refractivity contribution in [1.29, 1.82) is 0 Å². The van der Waals surface area contributed by atoms with Gasteiger partial charge in [-0.05, 0) is 35.9 Å². The largest absolute Gasteiger partial charge is 0.398 e. The summed E-state index contributed by atoms with van der Waals surface area (Å²) in [6, 6.07) is 14.7. The van der Waals surface area contributed by atoms with Crippen LogP contribution in [0.1, 0.15) is 26.3 Å². The van der Waals surface area contributed by atoms with Crippen LogP contribution in [0.5, 0.6) is 0 Å². The molecular weight excluding hydrogens is 452 g/mol. The lowest BCUT2D eigenvalue weighted by molar-refractivity contribution is -0.384. The Morgan fingerprint density at radius 1 is 1.09 bits per heavy atom. The number of nitro groups is 1. The minimum absolute atomic E-state index is 0.0336. The highest BCUT2D eigenvalue weighted by Gasteiger charge is 2.30. The van der Waals surface area contributed by atoms with E-state index < -0.39 is 22.8 Å².